The molecule has 2 rings (SSSR count). The van der Waals surface area contributed by atoms with Gasteiger partial charge in [-0.3, -0.25) is 0 Å². The summed E-state index contributed by atoms with van der Waals surface area (Å²) >= 11 is 0. The molecule has 0 aliphatic rings. The van der Waals surface area contributed by atoms with Crippen molar-refractivity contribution in [3.8, 4) is 0 Å². The van der Waals surface area contributed by atoms with E-state index in [4.69, 9.17) is 0 Å². The normalized spacial score (nSPS) is 10.7. The van der Waals surface area contributed by atoms with Crippen molar-refractivity contribution in [3.63, 3.8) is 0 Å². The molecule has 0 saturated carbocycles. The van der Waals surface area contributed by atoms with E-state index in [1.165, 1.54) is 17.7 Å². The average Bonchev–Trinajstić information content (AvgIpc) is 2.49. The first-order valence-electron chi connectivity index (χ1n) is 7.22. The maximum absolute atomic E-state index is 13.0. The van der Waals surface area contributed by atoms with Gasteiger partial charge in [0, 0.05) is 25.8 Å². The lowest BCUT2D eigenvalue weighted by Crippen LogP contribution is -2.19. The summed E-state index contributed by atoms with van der Waals surface area (Å²) in [4.78, 5) is 6.76. The highest BCUT2D eigenvalue weighted by atomic mass is 19.1. The van der Waals surface area contributed by atoms with Crippen LogP contribution in [0, 0.1) is 5.82 Å². The van der Waals surface area contributed by atoms with Crippen molar-refractivity contribution in [2.24, 2.45) is 0 Å². The second-order valence-corrected chi connectivity index (χ2v) is 5.19. The summed E-state index contributed by atoms with van der Waals surface area (Å²) in [5, 5.41) is 3.17. The van der Waals surface area contributed by atoms with Crippen LogP contribution in [0.25, 0.3) is 0 Å². The summed E-state index contributed by atoms with van der Waals surface area (Å²) in [6, 6.07) is 10.8. The first-order chi connectivity index (χ1) is 10.1. The molecular weight excluding hydrogens is 265 g/mol. The molecule has 2 aromatic rings. The van der Waals surface area contributed by atoms with Crippen molar-refractivity contribution in [2.45, 2.75) is 26.4 Å². The molecule has 0 unspecified atom stereocenters. The van der Waals surface area contributed by atoms with Crippen LogP contribution in [0.3, 0.4) is 0 Å². The summed E-state index contributed by atoms with van der Waals surface area (Å²) in [7, 11) is 3.95. The lowest BCUT2D eigenvalue weighted by Gasteiger charge is -2.20. The molecule has 0 bridgehead atoms. The smallest absolute Gasteiger partial charge is 0.129 e. The number of anilines is 1. The van der Waals surface area contributed by atoms with E-state index in [0.717, 1.165) is 30.0 Å². The van der Waals surface area contributed by atoms with Crippen LogP contribution in [0.2, 0.25) is 0 Å². The zero-order chi connectivity index (χ0) is 15.2. The maximum Gasteiger partial charge on any atom is 0.129 e. The zero-order valence-electron chi connectivity index (χ0n) is 12.9. The van der Waals surface area contributed by atoms with E-state index in [-0.39, 0.29) is 5.82 Å². The third kappa shape index (κ3) is 4.26. The van der Waals surface area contributed by atoms with Crippen LogP contribution in [0.1, 0.15) is 23.7 Å². The highest BCUT2D eigenvalue weighted by molar-refractivity contribution is 5.43. The van der Waals surface area contributed by atoms with Crippen molar-refractivity contribution >= 4 is 5.82 Å². The minimum atomic E-state index is -0.205. The second-order valence-electron chi connectivity index (χ2n) is 5.19. The van der Waals surface area contributed by atoms with Gasteiger partial charge in [-0.05, 0) is 48.9 Å². The number of halogens is 1. The van der Waals surface area contributed by atoms with Crippen LogP contribution < -0.4 is 10.2 Å². The molecule has 0 aliphatic carbocycles. The number of aryl methyl sites for hydroxylation is 1. The molecule has 1 aromatic heterocycles. The van der Waals surface area contributed by atoms with Crippen LogP contribution in [-0.4, -0.2) is 19.1 Å². The van der Waals surface area contributed by atoms with E-state index in [1.807, 2.05) is 26.2 Å². The fourth-order valence-corrected chi connectivity index (χ4v) is 2.26. The number of hydrogen-bond donors (Lipinski definition) is 1. The van der Waals surface area contributed by atoms with E-state index in [2.05, 4.69) is 34.3 Å². The van der Waals surface area contributed by atoms with Gasteiger partial charge in [0.05, 0.1) is 0 Å². The number of hydrogen-bond acceptors (Lipinski definition) is 3. The molecule has 4 heteroatoms. The van der Waals surface area contributed by atoms with Crippen molar-refractivity contribution in [1.82, 2.24) is 10.3 Å². The Balaban J connectivity index is 2.19. The highest BCUT2D eigenvalue weighted by Gasteiger charge is 2.07. The number of benzene rings is 1. The molecular formula is C17H22FN3. The minimum absolute atomic E-state index is 0.205. The fourth-order valence-electron chi connectivity index (χ4n) is 2.26. The average molecular weight is 287 g/mol. The second kappa shape index (κ2) is 7.18. The van der Waals surface area contributed by atoms with Gasteiger partial charge in [-0.2, -0.15) is 0 Å². The van der Waals surface area contributed by atoms with Crippen molar-refractivity contribution in [2.75, 3.05) is 19.0 Å². The zero-order valence-corrected chi connectivity index (χ0v) is 12.9. The molecule has 1 heterocycles. The lowest BCUT2D eigenvalue weighted by molar-refractivity contribution is 0.627. The Kier molecular flexibility index (Phi) is 5.28. The van der Waals surface area contributed by atoms with Crippen LogP contribution in [0.4, 0.5) is 10.2 Å². The first-order valence-corrected chi connectivity index (χ1v) is 7.22. The van der Waals surface area contributed by atoms with Gasteiger partial charge in [0.15, 0.2) is 0 Å². The third-order valence-corrected chi connectivity index (χ3v) is 3.39. The number of nitrogens with zero attached hydrogens (tertiary/aromatic N) is 2. The predicted octanol–water partition coefficient (Wildman–Crippen LogP) is 3.14. The Hall–Kier alpha value is -1.94. The van der Waals surface area contributed by atoms with Gasteiger partial charge in [0.1, 0.15) is 11.6 Å². The van der Waals surface area contributed by atoms with Gasteiger partial charge < -0.3 is 10.2 Å². The summed E-state index contributed by atoms with van der Waals surface area (Å²) in [6.07, 6.45) is 0.912. The Morgan fingerprint density at radius 2 is 1.86 bits per heavy atom. The van der Waals surface area contributed by atoms with E-state index in [1.54, 1.807) is 0 Å². The summed E-state index contributed by atoms with van der Waals surface area (Å²) < 4.78 is 13.0. The quantitative estimate of drug-likeness (QED) is 0.884. The molecule has 1 N–H and O–H groups in total. The molecule has 1 aromatic carbocycles. The van der Waals surface area contributed by atoms with Crippen molar-refractivity contribution in [1.29, 1.82) is 0 Å². The molecule has 0 aliphatic heterocycles. The molecule has 112 valence electrons. The molecule has 0 radical (unpaired) electrons. The van der Waals surface area contributed by atoms with E-state index in [9.17, 15) is 4.39 Å². The topological polar surface area (TPSA) is 28.2 Å². The maximum atomic E-state index is 13.0. The van der Waals surface area contributed by atoms with Gasteiger partial charge in [0.2, 0.25) is 0 Å². The number of pyridine rings is 1. The Bertz CT molecular complexity index is 581. The van der Waals surface area contributed by atoms with Crippen LogP contribution in [0.15, 0.2) is 36.4 Å². The Morgan fingerprint density at radius 3 is 2.48 bits per heavy atom. The van der Waals surface area contributed by atoms with Crippen LogP contribution in [0.5, 0.6) is 0 Å². The molecule has 0 saturated heterocycles. The monoisotopic (exact) mass is 287 g/mol. The van der Waals surface area contributed by atoms with E-state index in [0.29, 0.717) is 6.54 Å². The number of nitrogens with one attached hydrogen (secondary N) is 1. The molecule has 0 atom stereocenters. The summed E-state index contributed by atoms with van der Waals surface area (Å²) in [6.45, 7) is 3.64. The molecule has 0 fully saturated rings. The SMILES string of the molecule is CCc1cc(CNC)cc(N(C)Cc2ccc(F)cc2)n1. The summed E-state index contributed by atoms with van der Waals surface area (Å²) in [5.74, 6) is 0.743. The molecule has 3 nitrogen and oxygen atoms in total. The van der Waals surface area contributed by atoms with E-state index < -0.39 is 0 Å². The lowest BCUT2D eigenvalue weighted by atomic mass is 10.1. The van der Waals surface area contributed by atoms with Crippen LogP contribution >= 0.6 is 0 Å². The molecule has 21 heavy (non-hydrogen) atoms. The van der Waals surface area contributed by atoms with Gasteiger partial charge >= 0.3 is 0 Å². The Morgan fingerprint density at radius 1 is 1.14 bits per heavy atom. The summed E-state index contributed by atoms with van der Waals surface area (Å²) in [5.41, 5.74) is 3.38. The van der Waals surface area contributed by atoms with Crippen LogP contribution in [-0.2, 0) is 19.5 Å². The molecule has 0 amide bonds. The standard InChI is InChI=1S/C17H22FN3/c1-4-16-9-14(11-19-2)10-17(20-16)21(3)12-13-5-7-15(18)8-6-13/h5-10,19H,4,11-12H2,1-3H3. The molecule has 0 spiro atoms. The minimum Gasteiger partial charge on any atom is -0.355 e. The largest absolute Gasteiger partial charge is 0.355 e. The first kappa shape index (κ1) is 15.4. The number of aromatic nitrogens is 1. The van der Waals surface area contributed by atoms with E-state index >= 15 is 0 Å². The fraction of sp³-hybridized carbons (Fsp3) is 0.353. The highest BCUT2D eigenvalue weighted by Crippen LogP contribution is 2.17. The van der Waals surface area contributed by atoms with Crippen molar-refractivity contribution < 1.29 is 4.39 Å². The number of rotatable bonds is 6. The van der Waals surface area contributed by atoms with Gasteiger partial charge in [-0.15, -0.1) is 0 Å². The third-order valence-electron chi connectivity index (χ3n) is 3.39. The predicted molar refractivity (Wildman–Crippen MR) is 84.9 cm³/mol. The van der Waals surface area contributed by atoms with Gasteiger partial charge in [-0.1, -0.05) is 19.1 Å². The van der Waals surface area contributed by atoms with Crippen molar-refractivity contribution in [3.05, 3.63) is 59.0 Å². The Labute approximate surface area is 125 Å². The van der Waals surface area contributed by atoms with Gasteiger partial charge in [0.25, 0.3) is 0 Å². The van der Waals surface area contributed by atoms with Gasteiger partial charge in [-0.25, -0.2) is 9.37 Å².